The van der Waals surface area contributed by atoms with Gasteiger partial charge in [-0.1, -0.05) is 19.1 Å². The largest absolute Gasteiger partial charge is 0.480 e. The number of amides is 1. The second kappa shape index (κ2) is 5.91. The van der Waals surface area contributed by atoms with Crippen molar-refractivity contribution in [2.75, 3.05) is 0 Å². The van der Waals surface area contributed by atoms with Crippen molar-refractivity contribution >= 4 is 11.9 Å². The molecule has 0 fully saturated rings. The average molecular weight is 275 g/mol. The summed E-state index contributed by atoms with van der Waals surface area (Å²) in [6.45, 7) is 1.69. The van der Waals surface area contributed by atoms with Crippen LogP contribution in [0.15, 0.2) is 24.3 Å². The Hall–Kier alpha value is -2.77. The van der Waals surface area contributed by atoms with Crippen molar-refractivity contribution in [3.05, 3.63) is 29.8 Å². The van der Waals surface area contributed by atoms with Gasteiger partial charge in [-0.05, 0) is 23.8 Å². The van der Waals surface area contributed by atoms with Gasteiger partial charge in [0.1, 0.15) is 6.04 Å². The van der Waals surface area contributed by atoms with Crippen LogP contribution < -0.4 is 5.32 Å². The van der Waals surface area contributed by atoms with Crippen LogP contribution in [0.4, 0.5) is 0 Å². The van der Waals surface area contributed by atoms with E-state index in [1.807, 2.05) is 0 Å². The highest BCUT2D eigenvalue weighted by atomic mass is 16.4. The molecular weight excluding hydrogens is 262 g/mol. The fourth-order valence-corrected chi connectivity index (χ4v) is 1.66. The number of carboxylic acid groups (broad SMARTS) is 1. The summed E-state index contributed by atoms with van der Waals surface area (Å²) in [6.07, 6.45) is 0.311. The second-order valence-electron chi connectivity index (χ2n) is 4.09. The Balaban J connectivity index is 2.19. The average Bonchev–Trinajstić information content (AvgIpc) is 2.98. The number of hydrogen-bond donors (Lipinski definition) is 3. The van der Waals surface area contributed by atoms with Gasteiger partial charge in [-0.25, -0.2) is 4.79 Å². The Labute approximate surface area is 114 Å². The van der Waals surface area contributed by atoms with E-state index < -0.39 is 17.9 Å². The van der Waals surface area contributed by atoms with Gasteiger partial charge in [-0.3, -0.25) is 4.79 Å². The first kappa shape index (κ1) is 13.7. The number of tetrazole rings is 1. The Bertz CT molecular complexity index is 611. The Morgan fingerprint density at radius 1 is 1.45 bits per heavy atom. The molecule has 0 spiro atoms. The number of nitrogens with one attached hydrogen (secondary N) is 2. The minimum Gasteiger partial charge on any atom is -0.480 e. The maximum absolute atomic E-state index is 12.0. The number of benzene rings is 1. The highest BCUT2D eigenvalue weighted by Crippen LogP contribution is 2.15. The van der Waals surface area contributed by atoms with Crippen molar-refractivity contribution in [3.8, 4) is 11.4 Å². The molecule has 20 heavy (non-hydrogen) atoms. The first-order chi connectivity index (χ1) is 9.61. The molecule has 1 amide bonds. The van der Waals surface area contributed by atoms with E-state index in [0.717, 1.165) is 0 Å². The molecule has 1 atom stereocenters. The topological polar surface area (TPSA) is 121 Å². The predicted molar refractivity (Wildman–Crippen MR) is 68.8 cm³/mol. The third-order valence-electron chi connectivity index (χ3n) is 2.74. The van der Waals surface area contributed by atoms with E-state index in [1.165, 1.54) is 0 Å². The zero-order valence-corrected chi connectivity index (χ0v) is 10.7. The Kier molecular flexibility index (Phi) is 4.04. The van der Waals surface area contributed by atoms with E-state index in [2.05, 4.69) is 25.9 Å². The molecule has 2 rings (SSSR count). The third-order valence-corrected chi connectivity index (χ3v) is 2.74. The molecule has 8 heteroatoms. The summed E-state index contributed by atoms with van der Waals surface area (Å²) in [5.74, 6) is -1.15. The Morgan fingerprint density at radius 3 is 2.85 bits per heavy atom. The standard InChI is InChI=1S/C12H13N5O3/c1-2-9(12(19)20)13-11(18)8-5-3-4-7(6-8)10-14-16-17-15-10/h3-6,9H,2H2,1H3,(H,13,18)(H,19,20)(H,14,15,16,17)/t9-/m1/s1. The maximum Gasteiger partial charge on any atom is 0.326 e. The Morgan fingerprint density at radius 2 is 2.25 bits per heavy atom. The number of carbonyl (C=O) groups is 2. The first-order valence-electron chi connectivity index (χ1n) is 5.99. The van der Waals surface area contributed by atoms with Crippen molar-refractivity contribution in [2.24, 2.45) is 0 Å². The van der Waals surface area contributed by atoms with Crippen LogP contribution in [0.25, 0.3) is 11.4 Å². The van der Waals surface area contributed by atoms with E-state index in [4.69, 9.17) is 5.11 Å². The molecule has 1 aromatic heterocycles. The first-order valence-corrected chi connectivity index (χ1v) is 5.99. The quantitative estimate of drug-likeness (QED) is 0.729. The molecule has 0 aliphatic rings. The van der Waals surface area contributed by atoms with Crippen LogP contribution >= 0.6 is 0 Å². The molecule has 2 aromatic rings. The molecule has 8 nitrogen and oxygen atoms in total. The molecule has 0 saturated heterocycles. The van der Waals surface area contributed by atoms with Crippen LogP contribution in [0.1, 0.15) is 23.7 Å². The van der Waals surface area contributed by atoms with Gasteiger partial charge in [0.25, 0.3) is 5.91 Å². The van der Waals surface area contributed by atoms with Gasteiger partial charge >= 0.3 is 5.97 Å². The molecular formula is C12H13N5O3. The van der Waals surface area contributed by atoms with Gasteiger partial charge in [0.2, 0.25) is 5.82 Å². The second-order valence-corrected chi connectivity index (χ2v) is 4.09. The summed E-state index contributed by atoms with van der Waals surface area (Å²) in [6, 6.07) is 5.66. The smallest absolute Gasteiger partial charge is 0.326 e. The lowest BCUT2D eigenvalue weighted by atomic mass is 10.1. The van der Waals surface area contributed by atoms with Crippen LogP contribution in [-0.2, 0) is 4.79 Å². The van der Waals surface area contributed by atoms with E-state index in [-0.39, 0.29) is 0 Å². The highest BCUT2D eigenvalue weighted by molar-refractivity contribution is 5.97. The van der Waals surface area contributed by atoms with Crippen LogP contribution in [0.3, 0.4) is 0 Å². The molecule has 0 radical (unpaired) electrons. The lowest BCUT2D eigenvalue weighted by Crippen LogP contribution is -2.40. The van der Waals surface area contributed by atoms with Crippen LogP contribution in [0.2, 0.25) is 0 Å². The number of carboxylic acids is 1. The molecule has 0 saturated carbocycles. The minimum absolute atomic E-state index is 0.311. The number of aliphatic carboxylic acids is 1. The fourth-order valence-electron chi connectivity index (χ4n) is 1.66. The summed E-state index contributed by atoms with van der Waals surface area (Å²) in [7, 11) is 0. The lowest BCUT2D eigenvalue weighted by Gasteiger charge is -2.12. The van der Waals surface area contributed by atoms with Gasteiger partial charge in [0, 0.05) is 11.1 Å². The summed E-state index contributed by atoms with van der Waals surface area (Å²) >= 11 is 0. The van der Waals surface area contributed by atoms with Crippen molar-refractivity contribution < 1.29 is 14.7 Å². The van der Waals surface area contributed by atoms with Crippen LogP contribution in [0, 0.1) is 0 Å². The minimum atomic E-state index is -1.06. The summed E-state index contributed by atoms with van der Waals surface area (Å²) in [4.78, 5) is 22.9. The van der Waals surface area contributed by atoms with E-state index in [1.54, 1.807) is 31.2 Å². The number of rotatable bonds is 5. The van der Waals surface area contributed by atoms with Crippen LogP contribution in [-0.4, -0.2) is 43.6 Å². The molecule has 0 bridgehead atoms. The molecule has 104 valence electrons. The van der Waals surface area contributed by atoms with Gasteiger partial charge in [0.05, 0.1) is 0 Å². The number of nitrogens with zero attached hydrogens (tertiary/aromatic N) is 3. The maximum atomic E-state index is 12.0. The molecule has 0 aliphatic heterocycles. The van der Waals surface area contributed by atoms with Crippen molar-refractivity contribution in [2.45, 2.75) is 19.4 Å². The number of carbonyl (C=O) groups excluding carboxylic acids is 1. The SMILES string of the molecule is CC[C@@H](NC(=O)c1cccc(-c2nn[nH]n2)c1)C(=O)O. The zero-order chi connectivity index (χ0) is 14.5. The predicted octanol–water partition coefficient (Wildman–Crippen LogP) is 0.460. The van der Waals surface area contributed by atoms with E-state index in [9.17, 15) is 9.59 Å². The van der Waals surface area contributed by atoms with Gasteiger partial charge < -0.3 is 10.4 Å². The summed E-state index contributed by atoms with van der Waals surface area (Å²) in [5, 5.41) is 24.8. The summed E-state index contributed by atoms with van der Waals surface area (Å²) in [5.41, 5.74) is 0.960. The van der Waals surface area contributed by atoms with Crippen molar-refractivity contribution in [3.63, 3.8) is 0 Å². The van der Waals surface area contributed by atoms with Gasteiger partial charge in [-0.15, -0.1) is 10.2 Å². The monoisotopic (exact) mass is 275 g/mol. The normalized spacial score (nSPS) is 11.8. The van der Waals surface area contributed by atoms with Gasteiger partial charge in [0.15, 0.2) is 0 Å². The molecule has 1 aromatic carbocycles. The molecule has 0 unspecified atom stereocenters. The summed E-state index contributed by atoms with van der Waals surface area (Å²) < 4.78 is 0. The number of aromatic nitrogens is 4. The molecule has 3 N–H and O–H groups in total. The number of aromatic amines is 1. The zero-order valence-electron chi connectivity index (χ0n) is 10.7. The van der Waals surface area contributed by atoms with Gasteiger partial charge in [-0.2, -0.15) is 5.21 Å². The molecule has 1 heterocycles. The molecule has 0 aliphatic carbocycles. The van der Waals surface area contributed by atoms with Crippen molar-refractivity contribution in [1.29, 1.82) is 0 Å². The number of hydrogen-bond acceptors (Lipinski definition) is 5. The lowest BCUT2D eigenvalue weighted by molar-refractivity contribution is -0.139. The fraction of sp³-hybridized carbons (Fsp3) is 0.250. The van der Waals surface area contributed by atoms with E-state index in [0.29, 0.717) is 23.4 Å². The van der Waals surface area contributed by atoms with Crippen LogP contribution in [0.5, 0.6) is 0 Å². The highest BCUT2D eigenvalue weighted by Gasteiger charge is 2.18. The van der Waals surface area contributed by atoms with Crippen molar-refractivity contribution in [1.82, 2.24) is 25.9 Å². The number of H-pyrrole nitrogens is 1. The van der Waals surface area contributed by atoms with E-state index >= 15 is 0 Å². The third kappa shape index (κ3) is 2.97.